The van der Waals surface area contributed by atoms with Crippen molar-refractivity contribution < 1.29 is 22.7 Å². The fourth-order valence-electron chi connectivity index (χ4n) is 2.77. The van der Waals surface area contributed by atoms with Crippen LogP contribution < -0.4 is 4.72 Å². The largest absolute Gasteiger partial charge is 0.355 e. The summed E-state index contributed by atoms with van der Waals surface area (Å²) in [6.45, 7) is 0.968. The molecule has 0 unspecified atom stereocenters. The van der Waals surface area contributed by atoms with Gasteiger partial charge in [-0.3, -0.25) is 9.52 Å². The average molecular weight is 367 g/mol. The summed E-state index contributed by atoms with van der Waals surface area (Å²) in [7, 11) is -3.46. The van der Waals surface area contributed by atoms with Crippen molar-refractivity contribution in [3.8, 4) is 0 Å². The van der Waals surface area contributed by atoms with Crippen molar-refractivity contribution in [2.45, 2.75) is 31.8 Å². The van der Waals surface area contributed by atoms with E-state index >= 15 is 0 Å². The normalized spacial score (nSPS) is 21.3. The Bertz CT molecular complexity index is 672. The molecule has 1 fully saturated rings. The van der Waals surface area contributed by atoms with E-state index in [9.17, 15) is 13.2 Å². The van der Waals surface area contributed by atoms with Gasteiger partial charge in [0.05, 0.1) is 19.0 Å². The SMILES string of the molecule is CS(=O)(=O)NC(=O)CCCC=CC[C@@H]1COCO[C@@H]1c1ccccc1. The molecule has 1 aliphatic rings. The van der Waals surface area contributed by atoms with Gasteiger partial charge in [0.25, 0.3) is 0 Å². The fourth-order valence-corrected chi connectivity index (χ4v) is 3.29. The summed E-state index contributed by atoms with van der Waals surface area (Å²) in [5.41, 5.74) is 1.15. The first-order valence-corrected chi connectivity index (χ1v) is 10.2. The predicted octanol–water partition coefficient (Wildman–Crippen LogP) is 2.54. The lowest BCUT2D eigenvalue weighted by Gasteiger charge is -2.31. The Morgan fingerprint density at radius 2 is 2.04 bits per heavy atom. The number of rotatable bonds is 8. The molecule has 7 heteroatoms. The molecule has 1 aromatic rings. The summed E-state index contributed by atoms with van der Waals surface area (Å²) in [4.78, 5) is 11.4. The van der Waals surface area contributed by atoms with Crippen molar-refractivity contribution in [2.75, 3.05) is 19.7 Å². The van der Waals surface area contributed by atoms with E-state index < -0.39 is 15.9 Å². The third-order valence-electron chi connectivity index (χ3n) is 3.90. The van der Waals surface area contributed by atoms with Gasteiger partial charge in [-0.05, 0) is 24.8 Å². The molecule has 1 saturated heterocycles. The number of carbonyl (C=O) groups excluding carboxylic acids is 1. The predicted molar refractivity (Wildman–Crippen MR) is 95.2 cm³/mol. The van der Waals surface area contributed by atoms with Gasteiger partial charge in [0.15, 0.2) is 0 Å². The summed E-state index contributed by atoms with van der Waals surface area (Å²) in [6, 6.07) is 10.1. The third kappa shape index (κ3) is 7.37. The first-order valence-electron chi connectivity index (χ1n) is 8.35. The average Bonchev–Trinajstić information content (AvgIpc) is 2.57. The molecule has 1 aromatic carbocycles. The monoisotopic (exact) mass is 367 g/mol. The zero-order chi connectivity index (χ0) is 18.1. The second kappa shape index (κ2) is 9.70. The number of hydrogen-bond donors (Lipinski definition) is 1. The van der Waals surface area contributed by atoms with Gasteiger partial charge in [0, 0.05) is 12.3 Å². The van der Waals surface area contributed by atoms with Crippen molar-refractivity contribution in [3.63, 3.8) is 0 Å². The molecule has 138 valence electrons. The van der Waals surface area contributed by atoms with Crippen LogP contribution >= 0.6 is 0 Å². The van der Waals surface area contributed by atoms with Crippen LogP contribution in [0.4, 0.5) is 0 Å². The second-order valence-corrected chi connectivity index (χ2v) is 7.89. The molecule has 0 aliphatic carbocycles. The smallest absolute Gasteiger partial charge is 0.233 e. The number of hydrogen-bond acceptors (Lipinski definition) is 5. The maximum absolute atomic E-state index is 11.4. The molecule has 2 rings (SSSR count). The highest BCUT2D eigenvalue weighted by atomic mass is 32.2. The van der Waals surface area contributed by atoms with E-state index in [0.717, 1.165) is 24.7 Å². The number of benzene rings is 1. The van der Waals surface area contributed by atoms with Crippen molar-refractivity contribution >= 4 is 15.9 Å². The van der Waals surface area contributed by atoms with Crippen LogP contribution in [0.25, 0.3) is 0 Å². The van der Waals surface area contributed by atoms with E-state index in [1.54, 1.807) is 0 Å². The Balaban J connectivity index is 1.73. The molecule has 1 amide bonds. The summed E-state index contributed by atoms with van der Waals surface area (Å²) in [5, 5.41) is 0. The van der Waals surface area contributed by atoms with Crippen molar-refractivity contribution in [3.05, 3.63) is 48.0 Å². The maximum Gasteiger partial charge on any atom is 0.233 e. The Morgan fingerprint density at radius 1 is 1.28 bits per heavy atom. The Kier molecular flexibility index (Phi) is 7.61. The molecule has 0 aromatic heterocycles. The maximum atomic E-state index is 11.4. The molecule has 0 spiro atoms. The molecule has 1 N–H and O–H groups in total. The van der Waals surface area contributed by atoms with Gasteiger partial charge in [0.1, 0.15) is 6.79 Å². The summed E-state index contributed by atoms with van der Waals surface area (Å²) in [5.74, 6) is -0.213. The number of amides is 1. The highest BCUT2D eigenvalue weighted by Crippen LogP contribution is 2.32. The minimum absolute atomic E-state index is 0.0279. The highest BCUT2D eigenvalue weighted by molar-refractivity contribution is 7.89. The second-order valence-electron chi connectivity index (χ2n) is 6.14. The van der Waals surface area contributed by atoms with Crippen LogP contribution in [0.5, 0.6) is 0 Å². The van der Waals surface area contributed by atoms with Crippen LogP contribution in [-0.4, -0.2) is 34.0 Å². The molecular formula is C18H25NO5S. The van der Waals surface area contributed by atoms with Gasteiger partial charge in [-0.15, -0.1) is 0 Å². The lowest BCUT2D eigenvalue weighted by molar-refractivity contribution is -0.171. The molecule has 0 radical (unpaired) electrons. The van der Waals surface area contributed by atoms with E-state index in [1.165, 1.54) is 0 Å². The van der Waals surface area contributed by atoms with Gasteiger partial charge in [0.2, 0.25) is 15.9 Å². The molecule has 6 nitrogen and oxygen atoms in total. The number of carbonyl (C=O) groups is 1. The van der Waals surface area contributed by atoms with Crippen LogP contribution in [-0.2, 0) is 24.3 Å². The molecule has 0 bridgehead atoms. The van der Waals surface area contributed by atoms with E-state index in [1.807, 2.05) is 29.0 Å². The topological polar surface area (TPSA) is 81.7 Å². The zero-order valence-electron chi connectivity index (χ0n) is 14.4. The van der Waals surface area contributed by atoms with E-state index in [2.05, 4.69) is 18.2 Å². The van der Waals surface area contributed by atoms with Crippen LogP contribution in [0, 0.1) is 5.92 Å². The van der Waals surface area contributed by atoms with Gasteiger partial charge in [-0.25, -0.2) is 8.42 Å². The van der Waals surface area contributed by atoms with Gasteiger partial charge >= 0.3 is 0 Å². The van der Waals surface area contributed by atoms with Gasteiger partial charge in [-0.1, -0.05) is 42.5 Å². The highest BCUT2D eigenvalue weighted by Gasteiger charge is 2.26. The zero-order valence-corrected chi connectivity index (χ0v) is 15.2. The van der Waals surface area contributed by atoms with Crippen LogP contribution in [0.1, 0.15) is 37.4 Å². The number of unbranched alkanes of at least 4 members (excludes halogenated alkanes) is 1. The number of sulfonamides is 1. The quantitative estimate of drug-likeness (QED) is 0.564. The lowest BCUT2D eigenvalue weighted by Crippen LogP contribution is -2.28. The molecular weight excluding hydrogens is 342 g/mol. The van der Waals surface area contributed by atoms with Gasteiger partial charge in [-0.2, -0.15) is 0 Å². The molecule has 25 heavy (non-hydrogen) atoms. The van der Waals surface area contributed by atoms with Crippen LogP contribution in [0.3, 0.4) is 0 Å². The fraction of sp³-hybridized carbons (Fsp3) is 0.500. The van der Waals surface area contributed by atoms with E-state index in [-0.39, 0.29) is 18.4 Å². The lowest BCUT2D eigenvalue weighted by atomic mass is 9.92. The number of nitrogens with one attached hydrogen (secondary N) is 1. The number of ether oxygens (including phenoxy) is 2. The first kappa shape index (κ1) is 19.6. The third-order valence-corrected chi connectivity index (χ3v) is 4.50. The summed E-state index contributed by atoms with van der Waals surface area (Å²) in [6.07, 6.45) is 7.45. The van der Waals surface area contributed by atoms with Crippen molar-refractivity contribution in [2.24, 2.45) is 5.92 Å². The standard InChI is InChI=1S/C18H25NO5S/c1-25(21,22)19-17(20)12-8-3-2-5-11-16-13-23-14-24-18(16)15-9-6-4-7-10-15/h2,4-7,9-10,16,18H,3,8,11-14H2,1H3,(H,19,20)/t16-,18-/m1/s1. The minimum Gasteiger partial charge on any atom is -0.355 e. The summed E-state index contributed by atoms with van der Waals surface area (Å²) >= 11 is 0. The van der Waals surface area contributed by atoms with Crippen molar-refractivity contribution in [1.82, 2.24) is 4.72 Å². The van der Waals surface area contributed by atoms with E-state index in [4.69, 9.17) is 9.47 Å². The molecule has 0 saturated carbocycles. The summed E-state index contributed by atoms with van der Waals surface area (Å²) < 4.78 is 35.0. The van der Waals surface area contributed by atoms with E-state index in [0.29, 0.717) is 19.8 Å². The van der Waals surface area contributed by atoms with Gasteiger partial charge < -0.3 is 9.47 Å². The minimum atomic E-state index is -3.46. The molecule has 1 heterocycles. The number of allylic oxidation sites excluding steroid dienone is 2. The van der Waals surface area contributed by atoms with Crippen LogP contribution in [0.2, 0.25) is 0 Å². The Labute approximate surface area is 149 Å². The first-order chi connectivity index (χ1) is 12.0. The van der Waals surface area contributed by atoms with Crippen molar-refractivity contribution in [1.29, 1.82) is 0 Å². The molecule has 1 aliphatic heterocycles. The van der Waals surface area contributed by atoms with Crippen LogP contribution in [0.15, 0.2) is 42.5 Å². The Hall–Kier alpha value is -1.70. The molecule has 2 atom stereocenters. The Morgan fingerprint density at radius 3 is 2.76 bits per heavy atom.